The third-order valence-corrected chi connectivity index (χ3v) is 8.82. The molecule has 0 aromatic heterocycles. The van der Waals surface area contributed by atoms with Crippen LogP contribution < -0.4 is 5.32 Å². The van der Waals surface area contributed by atoms with E-state index in [9.17, 15) is 19.5 Å². The molecule has 10 heteroatoms. The molecule has 9 atom stereocenters. The van der Waals surface area contributed by atoms with Gasteiger partial charge in [-0.25, -0.2) is 14.6 Å². The number of ether oxygens (including phenoxy) is 3. The van der Waals surface area contributed by atoms with E-state index in [-0.39, 0.29) is 37.0 Å². The second-order valence-corrected chi connectivity index (χ2v) is 11.4. The second kappa shape index (κ2) is 10.6. The number of fused-ring (bicyclic) bond motifs is 2. The average molecular weight is 532 g/mol. The first-order valence-corrected chi connectivity index (χ1v) is 13.6. The van der Waals surface area contributed by atoms with E-state index in [1.54, 1.807) is 24.3 Å². The molecular formula is C28H37NO9. The van der Waals surface area contributed by atoms with Crippen molar-refractivity contribution >= 4 is 17.8 Å². The van der Waals surface area contributed by atoms with E-state index < -0.39 is 47.9 Å². The summed E-state index contributed by atoms with van der Waals surface area (Å²) in [6.45, 7) is 6.05. The van der Waals surface area contributed by atoms with Crippen LogP contribution in [0.3, 0.4) is 0 Å². The Balaban J connectivity index is 1.19. The predicted octanol–water partition coefficient (Wildman–Crippen LogP) is 3.33. The Hall–Kier alpha value is -2.53. The molecule has 1 aliphatic carbocycles. The summed E-state index contributed by atoms with van der Waals surface area (Å²) in [6.07, 6.45) is 1.67. The van der Waals surface area contributed by atoms with Crippen LogP contribution in [-0.2, 0) is 44.8 Å². The molecule has 1 amide bonds. The summed E-state index contributed by atoms with van der Waals surface area (Å²) >= 11 is 0. The number of aliphatic carboxylic acids is 1. The summed E-state index contributed by atoms with van der Waals surface area (Å²) in [5.74, 6) is -2.72. The van der Waals surface area contributed by atoms with Gasteiger partial charge >= 0.3 is 11.9 Å². The fourth-order valence-electron chi connectivity index (χ4n) is 6.73. The summed E-state index contributed by atoms with van der Waals surface area (Å²) in [4.78, 5) is 48.8. The predicted molar refractivity (Wildman–Crippen MR) is 132 cm³/mol. The van der Waals surface area contributed by atoms with Crippen LogP contribution in [0.2, 0.25) is 0 Å². The minimum Gasteiger partial charge on any atom is -0.480 e. The highest BCUT2D eigenvalue weighted by molar-refractivity contribution is 5.86. The van der Waals surface area contributed by atoms with Crippen LogP contribution in [0.5, 0.6) is 0 Å². The summed E-state index contributed by atoms with van der Waals surface area (Å²) in [7, 11) is 0. The highest BCUT2D eigenvalue weighted by atomic mass is 17.3. The van der Waals surface area contributed by atoms with E-state index in [2.05, 4.69) is 12.2 Å². The monoisotopic (exact) mass is 531 g/mol. The smallest absolute Gasteiger partial charge is 0.326 e. The maximum Gasteiger partial charge on any atom is 0.326 e. The van der Waals surface area contributed by atoms with Gasteiger partial charge in [0.15, 0.2) is 11.9 Å². The molecule has 208 valence electrons. The Morgan fingerprint density at radius 1 is 1.08 bits per heavy atom. The number of hydrogen-bond donors (Lipinski definition) is 2. The zero-order chi connectivity index (χ0) is 27.1. The third kappa shape index (κ3) is 5.06. The van der Waals surface area contributed by atoms with Gasteiger partial charge in [-0.05, 0) is 43.6 Å². The largest absolute Gasteiger partial charge is 0.480 e. The van der Waals surface area contributed by atoms with Gasteiger partial charge in [0, 0.05) is 31.1 Å². The van der Waals surface area contributed by atoms with Gasteiger partial charge < -0.3 is 24.6 Å². The molecular weight excluding hydrogens is 494 g/mol. The molecule has 6 rings (SSSR count). The molecule has 10 nitrogen and oxygen atoms in total. The number of esters is 1. The van der Waals surface area contributed by atoms with Crippen LogP contribution in [0.1, 0.15) is 64.9 Å². The number of hydrogen-bond acceptors (Lipinski definition) is 8. The third-order valence-electron chi connectivity index (χ3n) is 8.82. The van der Waals surface area contributed by atoms with Crippen molar-refractivity contribution in [3.8, 4) is 0 Å². The van der Waals surface area contributed by atoms with Gasteiger partial charge in [-0.2, -0.15) is 0 Å². The van der Waals surface area contributed by atoms with Crippen molar-refractivity contribution in [2.24, 2.45) is 23.7 Å². The zero-order valence-electron chi connectivity index (χ0n) is 22.1. The first-order valence-electron chi connectivity index (χ1n) is 13.6. The van der Waals surface area contributed by atoms with Crippen molar-refractivity contribution in [3.63, 3.8) is 0 Å². The van der Waals surface area contributed by atoms with Crippen LogP contribution in [0.15, 0.2) is 30.3 Å². The van der Waals surface area contributed by atoms with E-state index in [1.165, 1.54) is 0 Å². The molecule has 5 aliphatic rings. The summed E-state index contributed by atoms with van der Waals surface area (Å²) in [5.41, 5.74) is 0.0401. The molecule has 4 saturated heterocycles. The number of carbonyl (C=O) groups is 3. The molecule has 5 fully saturated rings. The fraction of sp³-hybridized carbons (Fsp3) is 0.679. The first-order chi connectivity index (χ1) is 18.1. The summed E-state index contributed by atoms with van der Waals surface area (Å²) < 4.78 is 18.2. The maximum absolute atomic E-state index is 12.8. The Kier molecular flexibility index (Phi) is 7.52. The summed E-state index contributed by atoms with van der Waals surface area (Å²) in [5, 5.41) is 12.0. The first kappa shape index (κ1) is 27.1. The van der Waals surface area contributed by atoms with Crippen molar-refractivity contribution in [1.29, 1.82) is 0 Å². The van der Waals surface area contributed by atoms with E-state index in [1.807, 2.05) is 19.9 Å². The number of amides is 1. The molecule has 0 radical (unpaired) electrons. The Bertz CT molecular complexity index is 1050. The Morgan fingerprint density at radius 3 is 2.58 bits per heavy atom. The molecule has 1 spiro atoms. The molecule has 38 heavy (non-hydrogen) atoms. The van der Waals surface area contributed by atoms with E-state index in [0.717, 1.165) is 24.8 Å². The molecule has 2 bridgehead atoms. The quantitative estimate of drug-likeness (QED) is 0.383. The number of nitrogens with one attached hydrogen (secondary N) is 1. The second-order valence-electron chi connectivity index (χ2n) is 11.4. The van der Waals surface area contributed by atoms with Crippen molar-refractivity contribution in [2.45, 2.75) is 95.7 Å². The lowest BCUT2D eigenvalue weighted by Gasteiger charge is -2.59. The molecule has 4 aliphatic heterocycles. The van der Waals surface area contributed by atoms with E-state index in [4.69, 9.17) is 24.0 Å². The topological polar surface area (TPSA) is 130 Å². The fourth-order valence-corrected chi connectivity index (χ4v) is 6.73. The molecule has 0 unspecified atom stereocenters. The molecule has 1 aromatic rings. The zero-order valence-corrected chi connectivity index (χ0v) is 22.1. The lowest BCUT2D eigenvalue weighted by molar-refractivity contribution is -0.576. The van der Waals surface area contributed by atoms with Crippen LogP contribution >= 0.6 is 0 Å². The van der Waals surface area contributed by atoms with Crippen molar-refractivity contribution in [1.82, 2.24) is 5.32 Å². The SMILES string of the molecule is C[C@H]1[C@H](OC(=O)CCC(=O)N[C@@H](Cc2ccccc2)C(=O)O)O[C@H]2O[C@]3(C)CC[C@H]4[C@@H](C)CC[C@H]1[C@@]24OO3. The van der Waals surface area contributed by atoms with Crippen LogP contribution in [0.25, 0.3) is 0 Å². The van der Waals surface area contributed by atoms with Gasteiger partial charge in [0.1, 0.15) is 6.04 Å². The number of rotatable bonds is 8. The maximum atomic E-state index is 12.8. The van der Waals surface area contributed by atoms with Gasteiger partial charge in [0.05, 0.1) is 6.42 Å². The van der Waals surface area contributed by atoms with Gasteiger partial charge in [0.2, 0.25) is 18.0 Å². The number of carbonyl (C=O) groups excluding carboxylic acids is 2. The van der Waals surface area contributed by atoms with Crippen molar-refractivity contribution in [3.05, 3.63) is 35.9 Å². The lowest BCUT2D eigenvalue weighted by Crippen LogP contribution is -2.70. The minimum absolute atomic E-state index is 0.0144. The number of carboxylic acid groups (broad SMARTS) is 1. The van der Waals surface area contributed by atoms with Gasteiger partial charge in [-0.3, -0.25) is 9.59 Å². The molecule has 1 saturated carbocycles. The van der Waals surface area contributed by atoms with Crippen molar-refractivity contribution in [2.75, 3.05) is 0 Å². The molecule has 4 heterocycles. The normalized spacial score (nSPS) is 38.4. The summed E-state index contributed by atoms with van der Waals surface area (Å²) in [6, 6.07) is 7.95. The van der Waals surface area contributed by atoms with Gasteiger partial charge in [0.25, 0.3) is 0 Å². The standard InChI is InChI=1S/C28H37NO9/c1-16-9-10-20-17(2)25(35-26-28(20)19(16)13-14-27(3,36-26)37-38-28)34-23(31)12-11-22(30)29-21(24(32)33)15-18-7-5-4-6-8-18/h4-8,16-17,19-21,25-26H,9-15H2,1-3H3,(H,29,30)(H,32,33)/t16-,17+,19-,20+,21-,25+,26-,27-,28+/m0/s1. The van der Waals surface area contributed by atoms with Gasteiger partial charge in [-0.1, -0.05) is 44.2 Å². The Morgan fingerprint density at radius 2 is 1.84 bits per heavy atom. The lowest BCUT2D eigenvalue weighted by atomic mass is 9.58. The highest BCUT2D eigenvalue weighted by Crippen LogP contribution is 2.60. The van der Waals surface area contributed by atoms with Crippen LogP contribution in [0.4, 0.5) is 0 Å². The van der Waals surface area contributed by atoms with Crippen molar-refractivity contribution < 1.29 is 43.5 Å². The molecule has 1 aromatic carbocycles. The van der Waals surface area contributed by atoms with Crippen LogP contribution in [-0.4, -0.2) is 53.0 Å². The number of benzene rings is 1. The minimum atomic E-state index is -1.14. The average Bonchev–Trinajstić information content (AvgIpc) is 3.12. The molecule has 2 N–H and O–H groups in total. The Labute approximate surface area is 222 Å². The highest BCUT2D eigenvalue weighted by Gasteiger charge is 2.69. The van der Waals surface area contributed by atoms with Gasteiger partial charge in [-0.15, -0.1) is 0 Å². The van der Waals surface area contributed by atoms with E-state index >= 15 is 0 Å². The van der Waals surface area contributed by atoms with Crippen LogP contribution in [0, 0.1) is 23.7 Å². The van der Waals surface area contributed by atoms with E-state index in [0.29, 0.717) is 12.3 Å². The number of carboxylic acids is 1.